The molecule has 0 bridgehead atoms. The first-order valence-electron chi connectivity index (χ1n) is 6.79. The molecule has 2 rings (SSSR count). The minimum Gasteiger partial charge on any atom is -0.477 e. The van der Waals surface area contributed by atoms with Gasteiger partial charge >= 0.3 is 5.97 Å². The van der Waals surface area contributed by atoms with Crippen LogP contribution in [0.15, 0.2) is 12.3 Å². The van der Waals surface area contributed by atoms with E-state index in [0.29, 0.717) is 0 Å². The zero-order valence-electron chi connectivity index (χ0n) is 11.6. The number of aromatic nitrogens is 2. The SMILES string of the molecule is CN1CCC(NC(=O)CCn2nccc2C(=O)O)CC1. The molecular weight excluding hydrogens is 260 g/mol. The molecule has 1 aliphatic heterocycles. The second kappa shape index (κ2) is 6.51. The van der Waals surface area contributed by atoms with Crippen LogP contribution < -0.4 is 5.32 Å². The Hall–Kier alpha value is -1.89. The molecule has 2 N–H and O–H groups in total. The van der Waals surface area contributed by atoms with Gasteiger partial charge in [-0.3, -0.25) is 9.48 Å². The van der Waals surface area contributed by atoms with E-state index in [1.54, 1.807) is 0 Å². The first kappa shape index (κ1) is 14.5. The molecule has 7 nitrogen and oxygen atoms in total. The van der Waals surface area contributed by atoms with Crippen molar-refractivity contribution in [2.75, 3.05) is 20.1 Å². The molecule has 0 aromatic carbocycles. The van der Waals surface area contributed by atoms with Crippen molar-refractivity contribution in [3.63, 3.8) is 0 Å². The van der Waals surface area contributed by atoms with Crippen LogP contribution in [-0.4, -0.2) is 57.8 Å². The lowest BCUT2D eigenvalue weighted by Gasteiger charge is -2.29. The number of carbonyl (C=O) groups is 2. The summed E-state index contributed by atoms with van der Waals surface area (Å²) in [6, 6.07) is 1.66. The molecule has 7 heteroatoms. The molecule has 1 aliphatic rings. The zero-order valence-corrected chi connectivity index (χ0v) is 11.6. The first-order valence-corrected chi connectivity index (χ1v) is 6.79. The van der Waals surface area contributed by atoms with Crippen LogP contribution in [0.25, 0.3) is 0 Å². The maximum atomic E-state index is 11.9. The van der Waals surface area contributed by atoms with Gasteiger partial charge in [0.2, 0.25) is 5.91 Å². The fourth-order valence-corrected chi connectivity index (χ4v) is 2.35. The molecule has 0 spiro atoms. The van der Waals surface area contributed by atoms with E-state index in [0.717, 1.165) is 25.9 Å². The van der Waals surface area contributed by atoms with E-state index in [2.05, 4.69) is 22.4 Å². The summed E-state index contributed by atoms with van der Waals surface area (Å²) >= 11 is 0. The molecule has 0 saturated carbocycles. The number of carboxylic acid groups (broad SMARTS) is 1. The Bertz CT molecular complexity index is 478. The highest BCUT2D eigenvalue weighted by molar-refractivity contribution is 5.85. The molecule has 1 aromatic heterocycles. The maximum absolute atomic E-state index is 11.9. The van der Waals surface area contributed by atoms with Gasteiger partial charge in [0.15, 0.2) is 0 Å². The van der Waals surface area contributed by atoms with Gasteiger partial charge in [0.25, 0.3) is 0 Å². The van der Waals surface area contributed by atoms with E-state index in [1.165, 1.54) is 16.9 Å². The molecule has 2 heterocycles. The third-order valence-electron chi connectivity index (χ3n) is 3.57. The first-order chi connectivity index (χ1) is 9.56. The zero-order chi connectivity index (χ0) is 14.5. The smallest absolute Gasteiger partial charge is 0.354 e. The Morgan fingerprint density at radius 2 is 2.15 bits per heavy atom. The lowest BCUT2D eigenvalue weighted by molar-refractivity contribution is -0.122. The Balaban J connectivity index is 1.77. The topological polar surface area (TPSA) is 87.5 Å². The van der Waals surface area contributed by atoms with E-state index < -0.39 is 5.97 Å². The number of aromatic carboxylic acids is 1. The molecule has 0 radical (unpaired) electrons. The number of carbonyl (C=O) groups excluding carboxylic acids is 1. The van der Waals surface area contributed by atoms with E-state index in [4.69, 9.17) is 5.11 Å². The van der Waals surface area contributed by atoms with Crippen molar-refractivity contribution in [3.05, 3.63) is 18.0 Å². The molecule has 1 saturated heterocycles. The van der Waals surface area contributed by atoms with Gasteiger partial charge in [0, 0.05) is 18.7 Å². The molecule has 1 fully saturated rings. The quantitative estimate of drug-likeness (QED) is 0.803. The normalized spacial score (nSPS) is 17.1. The third kappa shape index (κ3) is 3.80. The van der Waals surface area contributed by atoms with E-state index in [1.807, 2.05) is 0 Å². The van der Waals surface area contributed by atoms with Crippen molar-refractivity contribution in [1.29, 1.82) is 0 Å². The monoisotopic (exact) mass is 280 g/mol. The average Bonchev–Trinajstić information content (AvgIpc) is 2.88. The Labute approximate surface area is 117 Å². The second-order valence-corrected chi connectivity index (χ2v) is 5.14. The number of piperidine rings is 1. The molecule has 1 aromatic rings. The van der Waals surface area contributed by atoms with Gasteiger partial charge in [-0.1, -0.05) is 0 Å². The molecule has 110 valence electrons. The summed E-state index contributed by atoms with van der Waals surface area (Å²) in [5, 5.41) is 15.9. The van der Waals surface area contributed by atoms with Crippen molar-refractivity contribution >= 4 is 11.9 Å². The molecular formula is C13H20N4O3. The minimum absolute atomic E-state index is 0.0496. The summed E-state index contributed by atoms with van der Waals surface area (Å²) in [7, 11) is 2.07. The van der Waals surface area contributed by atoms with Crippen LogP contribution in [0, 0.1) is 0 Å². The fraction of sp³-hybridized carbons (Fsp3) is 0.615. The number of nitrogens with one attached hydrogen (secondary N) is 1. The van der Waals surface area contributed by atoms with Crippen LogP contribution >= 0.6 is 0 Å². The number of carboxylic acids is 1. The molecule has 0 unspecified atom stereocenters. The summed E-state index contributed by atoms with van der Waals surface area (Å²) < 4.78 is 1.34. The van der Waals surface area contributed by atoms with Gasteiger partial charge in [-0.05, 0) is 39.0 Å². The number of aryl methyl sites for hydroxylation is 1. The van der Waals surface area contributed by atoms with Crippen LogP contribution in [0.4, 0.5) is 0 Å². The summed E-state index contributed by atoms with van der Waals surface area (Å²) in [6.45, 7) is 2.27. The summed E-state index contributed by atoms with van der Waals surface area (Å²) in [4.78, 5) is 25.0. The fourth-order valence-electron chi connectivity index (χ4n) is 2.35. The van der Waals surface area contributed by atoms with Gasteiger partial charge in [-0.2, -0.15) is 5.10 Å². The molecule has 20 heavy (non-hydrogen) atoms. The second-order valence-electron chi connectivity index (χ2n) is 5.14. The highest BCUT2D eigenvalue weighted by Gasteiger charge is 2.18. The van der Waals surface area contributed by atoms with Crippen molar-refractivity contribution in [2.24, 2.45) is 0 Å². The molecule has 0 atom stereocenters. The maximum Gasteiger partial charge on any atom is 0.354 e. The van der Waals surface area contributed by atoms with E-state index in [9.17, 15) is 9.59 Å². The Kier molecular flexibility index (Phi) is 4.73. The third-order valence-corrected chi connectivity index (χ3v) is 3.57. The predicted octanol–water partition coefficient (Wildman–Crippen LogP) is 0.182. The molecule has 1 amide bonds. The van der Waals surface area contributed by atoms with Gasteiger partial charge in [0.1, 0.15) is 5.69 Å². The van der Waals surface area contributed by atoms with Crippen molar-refractivity contribution in [1.82, 2.24) is 20.0 Å². The van der Waals surface area contributed by atoms with Crippen molar-refractivity contribution in [2.45, 2.75) is 31.8 Å². The largest absolute Gasteiger partial charge is 0.477 e. The highest BCUT2D eigenvalue weighted by Crippen LogP contribution is 2.08. The number of likely N-dealkylation sites (tertiary alicyclic amines) is 1. The van der Waals surface area contributed by atoms with Crippen LogP contribution in [0.2, 0.25) is 0 Å². The summed E-state index contributed by atoms with van der Waals surface area (Å²) in [5.41, 5.74) is 0.108. The van der Waals surface area contributed by atoms with E-state index >= 15 is 0 Å². The number of hydrogen-bond acceptors (Lipinski definition) is 4. The van der Waals surface area contributed by atoms with Crippen LogP contribution in [0.5, 0.6) is 0 Å². The van der Waals surface area contributed by atoms with Crippen LogP contribution in [0.1, 0.15) is 29.8 Å². The highest BCUT2D eigenvalue weighted by atomic mass is 16.4. The minimum atomic E-state index is -1.03. The van der Waals surface area contributed by atoms with Crippen molar-refractivity contribution < 1.29 is 14.7 Å². The summed E-state index contributed by atoms with van der Waals surface area (Å²) in [5.74, 6) is -1.08. The number of hydrogen-bond donors (Lipinski definition) is 2. The van der Waals surface area contributed by atoms with Crippen LogP contribution in [-0.2, 0) is 11.3 Å². The number of nitrogens with zero attached hydrogens (tertiary/aromatic N) is 3. The lowest BCUT2D eigenvalue weighted by atomic mass is 10.1. The molecule has 0 aliphatic carbocycles. The standard InChI is InChI=1S/C13H20N4O3/c1-16-7-3-10(4-8-16)15-12(18)5-9-17-11(13(19)20)2-6-14-17/h2,6,10H,3-5,7-9H2,1H3,(H,15,18)(H,19,20). The predicted molar refractivity (Wildman–Crippen MR) is 72.5 cm³/mol. The van der Waals surface area contributed by atoms with Gasteiger partial charge in [-0.25, -0.2) is 4.79 Å². The Morgan fingerprint density at radius 3 is 2.80 bits per heavy atom. The van der Waals surface area contributed by atoms with Gasteiger partial charge in [0.05, 0.1) is 6.54 Å². The van der Waals surface area contributed by atoms with Crippen molar-refractivity contribution in [3.8, 4) is 0 Å². The van der Waals surface area contributed by atoms with E-state index in [-0.39, 0.29) is 30.6 Å². The Morgan fingerprint density at radius 1 is 1.45 bits per heavy atom. The average molecular weight is 280 g/mol. The number of rotatable bonds is 5. The number of amides is 1. The summed E-state index contributed by atoms with van der Waals surface area (Å²) in [6.07, 6.45) is 3.60. The van der Waals surface area contributed by atoms with Gasteiger partial charge in [-0.15, -0.1) is 0 Å². The lowest BCUT2D eigenvalue weighted by Crippen LogP contribution is -2.43. The van der Waals surface area contributed by atoms with Gasteiger partial charge < -0.3 is 15.3 Å². The van der Waals surface area contributed by atoms with Crippen LogP contribution in [0.3, 0.4) is 0 Å².